The van der Waals surface area contributed by atoms with Crippen molar-refractivity contribution < 1.29 is 0 Å². The Bertz CT molecular complexity index is 1050. The maximum atomic E-state index is 4.79. The van der Waals surface area contributed by atoms with Crippen molar-refractivity contribution in [1.29, 1.82) is 0 Å². The van der Waals surface area contributed by atoms with Crippen LogP contribution in [0.5, 0.6) is 0 Å². The lowest BCUT2D eigenvalue weighted by Crippen LogP contribution is -2.17. The van der Waals surface area contributed by atoms with Gasteiger partial charge in [0.25, 0.3) is 0 Å². The van der Waals surface area contributed by atoms with Crippen molar-refractivity contribution in [3.63, 3.8) is 0 Å². The van der Waals surface area contributed by atoms with Crippen molar-refractivity contribution in [3.8, 4) is 0 Å². The molecule has 2 aromatic heterocycles. The summed E-state index contributed by atoms with van der Waals surface area (Å²) in [4.78, 5) is 8.26. The zero-order valence-corrected chi connectivity index (χ0v) is 16.7. The minimum absolute atomic E-state index is 0. The van der Waals surface area contributed by atoms with E-state index in [1.54, 1.807) is 0 Å². The number of hydrogen-bond donors (Lipinski definition) is 2. The van der Waals surface area contributed by atoms with Crippen molar-refractivity contribution >= 4 is 50.3 Å². The monoisotopic (exact) mass is 430 g/mol. The molecular formula is C20H20BrClN4. The fraction of sp³-hybridized carbons (Fsp3) is 0.250. The van der Waals surface area contributed by atoms with Gasteiger partial charge >= 0.3 is 0 Å². The van der Waals surface area contributed by atoms with Crippen molar-refractivity contribution in [2.24, 2.45) is 0 Å². The molecule has 0 aliphatic carbocycles. The molecule has 26 heavy (non-hydrogen) atoms. The molecule has 0 unspecified atom stereocenters. The number of benzene rings is 2. The number of nitrogens with one attached hydrogen (secondary N) is 2. The van der Waals surface area contributed by atoms with Gasteiger partial charge in [-0.1, -0.05) is 34.1 Å². The van der Waals surface area contributed by atoms with Crippen LogP contribution in [0.1, 0.15) is 17.1 Å². The van der Waals surface area contributed by atoms with Crippen LogP contribution >= 0.6 is 28.3 Å². The van der Waals surface area contributed by atoms with Gasteiger partial charge in [0.2, 0.25) is 0 Å². The van der Waals surface area contributed by atoms with Crippen LogP contribution in [-0.2, 0) is 19.4 Å². The number of aromatic nitrogens is 3. The Morgan fingerprint density at radius 1 is 1.04 bits per heavy atom. The number of halogens is 2. The van der Waals surface area contributed by atoms with E-state index in [4.69, 9.17) is 4.98 Å². The van der Waals surface area contributed by atoms with Gasteiger partial charge in [0, 0.05) is 28.5 Å². The largest absolute Gasteiger partial charge is 0.340 e. The highest BCUT2D eigenvalue weighted by Gasteiger charge is 2.21. The third-order valence-corrected chi connectivity index (χ3v) is 5.76. The first kappa shape index (κ1) is 17.6. The lowest BCUT2D eigenvalue weighted by Gasteiger charge is -2.09. The normalized spacial score (nSPS) is 14.2. The molecule has 0 bridgehead atoms. The van der Waals surface area contributed by atoms with Gasteiger partial charge in [-0.15, -0.1) is 12.4 Å². The van der Waals surface area contributed by atoms with Gasteiger partial charge in [-0.2, -0.15) is 0 Å². The second-order valence-corrected chi connectivity index (χ2v) is 7.45. The zero-order chi connectivity index (χ0) is 16.8. The molecule has 4 aromatic rings. The average molecular weight is 432 g/mol. The topological polar surface area (TPSA) is 45.6 Å². The minimum atomic E-state index is 0. The van der Waals surface area contributed by atoms with Crippen LogP contribution < -0.4 is 5.32 Å². The molecule has 0 amide bonds. The van der Waals surface area contributed by atoms with Gasteiger partial charge in [0.15, 0.2) is 0 Å². The molecule has 1 aliphatic rings. The highest BCUT2D eigenvalue weighted by atomic mass is 79.9. The molecule has 0 spiro atoms. The highest BCUT2D eigenvalue weighted by Crippen LogP contribution is 2.34. The molecule has 0 radical (unpaired) electrons. The van der Waals surface area contributed by atoms with Gasteiger partial charge in [0.1, 0.15) is 5.82 Å². The predicted molar refractivity (Wildman–Crippen MR) is 112 cm³/mol. The summed E-state index contributed by atoms with van der Waals surface area (Å²) in [6.07, 6.45) is 2.12. The Labute approximate surface area is 166 Å². The van der Waals surface area contributed by atoms with E-state index in [0.29, 0.717) is 0 Å². The van der Waals surface area contributed by atoms with Crippen LogP contribution in [0.3, 0.4) is 0 Å². The Balaban J connectivity index is 0.00000168. The fourth-order valence-electron chi connectivity index (χ4n) is 4.00. The number of nitrogens with zero attached hydrogens (tertiary/aromatic N) is 2. The molecule has 5 rings (SSSR count). The van der Waals surface area contributed by atoms with Crippen LogP contribution in [0, 0.1) is 0 Å². The molecule has 0 saturated carbocycles. The molecule has 0 fully saturated rings. The third kappa shape index (κ3) is 2.84. The van der Waals surface area contributed by atoms with Crippen LogP contribution in [0.25, 0.3) is 21.9 Å². The molecule has 4 nitrogen and oxygen atoms in total. The number of para-hydroxylation sites is 2. The SMILES string of the molecule is Brc1cccc2c1c1c(n2Cc2nc3ccccc3[nH]2)CCNCC1.Cl. The average Bonchev–Trinajstić information content (AvgIpc) is 3.05. The fourth-order valence-corrected chi connectivity index (χ4v) is 4.60. The van der Waals surface area contributed by atoms with Crippen LogP contribution in [0.15, 0.2) is 46.9 Å². The van der Waals surface area contributed by atoms with Gasteiger partial charge < -0.3 is 14.9 Å². The molecule has 1 aliphatic heterocycles. The molecule has 2 aromatic carbocycles. The first-order valence-electron chi connectivity index (χ1n) is 8.74. The Morgan fingerprint density at radius 2 is 1.88 bits per heavy atom. The molecule has 0 saturated heterocycles. The van der Waals surface area contributed by atoms with Crippen molar-refractivity contribution in [1.82, 2.24) is 19.9 Å². The Morgan fingerprint density at radius 3 is 2.77 bits per heavy atom. The van der Waals surface area contributed by atoms with Crippen LogP contribution in [0.2, 0.25) is 0 Å². The highest BCUT2D eigenvalue weighted by molar-refractivity contribution is 9.10. The van der Waals surface area contributed by atoms with Crippen molar-refractivity contribution in [2.75, 3.05) is 13.1 Å². The second kappa shape index (κ2) is 7.06. The summed E-state index contributed by atoms with van der Waals surface area (Å²) in [6.45, 7) is 2.84. The summed E-state index contributed by atoms with van der Waals surface area (Å²) in [5.41, 5.74) is 6.34. The number of aromatic amines is 1. The summed E-state index contributed by atoms with van der Waals surface area (Å²) in [5, 5.41) is 4.88. The molecule has 3 heterocycles. The van der Waals surface area contributed by atoms with Gasteiger partial charge in [-0.05, 0) is 42.8 Å². The predicted octanol–water partition coefficient (Wildman–Crippen LogP) is 4.44. The summed E-state index contributed by atoms with van der Waals surface area (Å²) >= 11 is 3.77. The molecule has 2 N–H and O–H groups in total. The molecule has 0 atom stereocenters. The maximum Gasteiger partial charge on any atom is 0.127 e. The number of rotatable bonds is 2. The first-order valence-corrected chi connectivity index (χ1v) is 9.53. The third-order valence-electron chi connectivity index (χ3n) is 5.10. The molecule has 134 valence electrons. The quantitative estimate of drug-likeness (QED) is 0.493. The zero-order valence-electron chi connectivity index (χ0n) is 14.3. The van der Waals surface area contributed by atoms with Crippen molar-refractivity contribution in [2.45, 2.75) is 19.4 Å². The molecule has 6 heteroatoms. The maximum absolute atomic E-state index is 4.79. The summed E-state index contributed by atoms with van der Waals surface area (Å²) in [5.74, 6) is 1.01. The van der Waals surface area contributed by atoms with E-state index in [2.05, 4.69) is 61.1 Å². The number of fused-ring (bicyclic) bond motifs is 4. The Hall–Kier alpha value is -1.82. The van der Waals surface area contributed by atoms with E-state index < -0.39 is 0 Å². The van der Waals surface area contributed by atoms with E-state index in [1.807, 2.05) is 12.1 Å². The molecular weight excluding hydrogens is 412 g/mol. The van der Waals surface area contributed by atoms with E-state index >= 15 is 0 Å². The number of hydrogen-bond acceptors (Lipinski definition) is 2. The van der Waals surface area contributed by atoms with Gasteiger partial charge in [-0.3, -0.25) is 0 Å². The van der Waals surface area contributed by atoms with E-state index in [9.17, 15) is 0 Å². The second-order valence-electron chi connectivity index (χ2n) is 6.60. The standard InChI is InChI=1S/C20H19BrN4.ClH/c21-14-4-3-7-18-20(14)13-8-10-22-11-9-17(13)25(18)12-19-23-15-5-1-2-6-16(15)24-19;/h1-7,22H,8-12H2,(H,23,24);1H. The first-order chi connectivity index (χ1) is 12.3. The van der Waals surface area contributed by atoms with Gasteiger partial charge in [-0.25, -0.2) is 4.98 Å². The summed E-state index contributed by atoms with van der Waals surface area (Å²) in [7, 11) is 0. The van der Waals surface area contributed by atoms with E-state index in [0.717, 1.165) is 49.3 Å². The van der Waals surface area contributed by atoms with Gasteiger partial charge in [0.05, 0.1) is 23.1 Å². The number of imidazole rings is 1. The summed E-state index contributed by atoms with van der Waals surface area (Å²) < 4.78 is 3.63. The lowest BCUT2D eigenvalue weighted by atomic mass is 10.1. The smallest absolute Gasteiger partial charge is 0.127 e. The lowest BCUT2D eigenvalue weighted by molar-refractivity contribution is 0.684. The Kier molecular flexibility index (Phi) is 4.78. The van der Waals surface area contributed by atoms with E-state index in [-0.39, 0.29) is 12.4 Å². The number of H-pyrrole nitrogens is 1. The van der Waals surface area contributed by atoms with Crippen LogP contribution in [0.4, 0.5) is 0 Å². The van der Waals surface area contributed by atoms with E-state index in [1.165, 1.54) is 26.6 Å². The van der Waals surface area contributed by atoms with Crippen LogP contribution in [-0.4, -0.2) is 27.6 Å². The summed E-state index contributed by atoms with van der Waals surface area (Å²) in [6, 6.07) is 14.7. The van der Waals surface area contributed by atoms with Crippen molar-refractivity contribution in [3.05, 3.63) is 64.0 Å². The minimum Gasteiger partial charge on any atom is -0.340 e.